The summed E-state index contributed by atoms with van der Waals surface area (Å²) < 4.78 is 45.1. The number of hydrogen-bond acceptors (Lipinski definition) is 7. The van der Waals surface area contributed by atoms with Gasteiger partial charge in [0.2, 0.25) is 10.0 Å². The molecule has 1 atom stereocenters. The second-order valence-electron chi connectivity index (χ2n) is 6.23. The molecule has 0 aliphatic carbocycles. The molecular weight excluding hydrogens is 421 g/mol. The molecule has 0 radical (unpaired) electrons. The monoisotopic (exact) mass is 439 g/mol. The normalized spacial score (nSPS) is 12.1. The van der Waals surface area contributed by atoms with Crippen LogP contribution in [0.3, 0.4) is 0 Å². The number of ether oxygens (including phenoxy) is 1. The van der Waals surface area contributed by atoms with E-state index in [1.807, 2.05) is 5.32 Å². The lowest BCUT2D eigenvalue weighted by atomic mass is 10.2. The maximum Gasteiger partial charge on any atom is 0.324 e. The number of nitrogens with one attached hydrogen (secondary N) is 2. The summed E-state index contributed by atoms with van der Waals surface area (Å²) in [7, 11) is -3.99. The van der Waals surface area contributed by atoms with Crippen molar-refractivity contribution in [2.45, 2.75) is 24.8 Å². The molecule has 0 aliphatic rings. The van der Waals surface area contributed by atoms with Crippen molar-refractivity contribution in [2.24, 2.45) is 0 Å². The molecule has 0 aliphatic heterocycles. The largest absolute Gasteiger partial charge is 0.454 e. The fourth-order valence-electron chi connectivity index (χ4n) is 2.24. The molecule has 1 amide bonds. The Morgan fingerprint density at radius 3 is 2.43 bits per heavy atom. The number of carbonyl (C=O) groups is 2. The quantitative estimate of drug-likeness (QED) is 0.363. The summed E-state index contributed by atoms with van der Waals surface area (Å²) in [5, 5.41) is 12.8. The molecule has 0 aromatic heterocycles. The molecule has 2 N–H and O–H groups in total. The number of nitro benzene ring substituents is 1. The molecule has 0 saturated heterocycles. The first-order chi connectivity index (χ1) is 14.0. The molecule has 0 spiro atoms. The van der Waals surface area contributed by atoms with Gasteiger partial charge in [0.1, 0.15) is 11.9 Å². The Balaban J connectivity index is 1.93. The molecule has 0 saturated carbocycles. The summed E-state index contributed by atoms with van der Waals surface area (Å²) in [4.78, 5) is 33.7. The predicted octanol–water partition coefficient (Wildman–Crippen LogP) is 1.89. The zero-order valence-corrected chi connectivity index (χ0v) is 16.7. The van der Waals surface area contributed by atoms with E-state index in [9.17, 15) is 32.5 Å². The molecule has 160 valence electrons. The first-order valence-electron chi connectivity index (χ1n) is 8.49. The maximum atomic E-state index is 13.7. The highest BCUT2D eigenvalue weighted by molar-refractivity contribution is 7.89. The van der Waals surface area contributed by atoms with E-state index < -0.39 is 56.7 Å². The van der Waals surface area contributed by atoms with Crippen molar-refractivity contribution < 1.29 is 32.1 Å². The SMILES string of the molecule is Cc1ccc(S(=O)(=O)NC(C)C(=O)OCC(=O)Nc2cc([N+](=O)[O-])ccc2F)cc1. The van der Waals surface area contributed by atoms with Crippen molar-refractivity contribution in [3.63, 3.8) is 0 Å². The number of amides is 1. The number of nitro groups is 1. The van der Waals surface area contributed by atoms with Crippen LogP contribution in [-0.4, -0.2) is 37.9 Å². The van der Waals surface area contributed by atoms with Crippen molar-refractivity contribution in [2.75, 3.05) is 11.9 Å². The number of esters is 1. The van der Waals surface area contributed by atoms with Crippen molar-refractivity contribution in [1.82, 2.24) is 4.72 Å². The number of aryl methyl sites for hydroxylation is 1. The Labute approximate surface area is 171 Å². The van der Waals surface area contributed by atoms with Gasteiger partial charge in [0.05, 0.1) is 15.5 Å². The molecule has 0 bridgehead atoms. The molecule has 1 unspecified atom stereocenters. The van der Waals surface area contributed by atoms with Crippen molar-refractivity contribution in [1.29, 1.82) is 0 Å². The zero-order valence-electron chi connectivity index (χ0n) is 15.9. The first kappa shape index (κ1) is 22.9. The number of sulfonamides is 1. The van der Waals surface area contributed by atoms with Gasteiger partial charge in [0, 0.05) is 12.1 Å². The molecule has 12 heteroatoms. The van der Waals surface area contributed by atoms with Gasteiger partial charge in [-0.25, -0.2) is 12.8 Å². The lowest BCUT2D eigenvalue weighted by Crippen LogP contribution is -2.40. The average Bonchev–Trinajstić information content (AvgIpc) is 2.67. The summed E-state index contributed by atoms with van der Waals surface area (Å²) in [6.07, 6.45) is 0. The third kappa shape index (κ3) is 6.06. The Morgan fingerprint density at radius 1 is 1.20 bits per heavy atom. The Kier molecular flexibility index (Phi) is 7.19. The summed E-state index contributed by atoms with van der Waals surface area (Å²) >= 11 is 0. The van der Waals surface area contributed by atoms with Crippen molar-refractivity contribution in [3.05, 3.63) is 64.0 Å². The minimum Gasteiger partial charge on any atom is -0.454 e. The van der Waals surface area contributed by atoms with E-state index in [0.29, 0.717) is 0 Å². The van der Waals surface area contributed by atoms with E-state index in [1.54, 1.807) is 19.1 Å². The van der Waals surface area contributed by atoms with Crippen LogP contribution in [0.1, 0.15) is 12.5 Å². The van der Waals surface area contributed by atoms with Crippen LogP contribution in [-0.2, 0) is 24.3 Å². The van der Waals surface area contributed by atoms with Gasteiger partial charge in [-0.1, -0.05) is 17.7 Å². The molecule has 2 aromatic rings. The van der Waals surface area contributed by atoms with Gasteiger partial charge in [-0.15, -0.1) is 0 Å². The van der Waals surface area contributed by atoms with Crippen molar-refractivity contribution >= 4 is 33.3 Å². The van der Waals surface area contributed by atoms with Crippen LogP contribution in [0.25, 0.3) is 0 Å². The van der Waals surface area contributed by atoms with E-state index in [0.717, 1.165) is 23.8 Å². The Morgan fingerprint density at radius 2 is 1.83 bits per heavy atom. The van der Waals surface area contributed by atoms with E-state index in [4.69, 9.17) is 4.74 Å². The molecule has 0 fully saturated rings. The fraction of sp³-hybridized carbons (Fsp3) is 0.222. The van der Waals surface area contributed by atoms with Crippen LogP contribution < -0.4 is 10.0 Å². The van der Waals surface area contributed by atoms with Crippen molar-refractivity contribution in [3.8, 4) is 0 Å². The summed E-state index contributed by atoms with van der Waals surface area (Å²) in [5.41, 5.74) is -0.0474. The van der Waals surface area contributed by atoms with Gasteiger partial charge in [-0.3, -0.25) is 19.7 Å². The summed E-state index contributed by atoms with van der Waals surface area (Å²) in [6.45, 7) is 2.16. The second kappa shape index (κ2) is 9.41. The summed E-state index contributed by atoms with van der Waals surface area (Å²) in [6, 6.07) is 7.16. The van der Waals surface area contributed by atoms with Gasteiger partial charge in [-0.05, 0) is 32.0 Å². The second-order valence-corrected chi connectivity index (χ2v) is 7.95. The lowest BCUT2D eigenvalue weighted by molar-refractivity contribution is -0.384. The van der Waals surface area contributed by atoms with E-state index >= 15 is 0 Å². The Hall–Kier alpha value is -3.38. The van der Waals surface area contributed by atoms with Gasteiger partial charge in [-0.2, -0.15) is 4.72 Å². The van der Waals surface area contributed by atoms with Crippen LogP contribution >= 0.6 is 0 Å². The van der Waals surface area contributed by atoms with Gasteiger partial charge < -0.3 is 10.1 Å². The molecular formula is C18H18FN3O7S. The number of hydrogen-bond donors (Lipinski definition) is 2. The number of carbonyl (C=O) groups excluding carboxylic acids is 2. The smallest absolute Gasteiger partial charge is 0.324 e. The van der Waals surface area contributed by atoms with Crippen LogP contribution in [0.5, 0.6) is 0 Å². The topological polar surface area (TPSA) is 145 Å². The predicted molar refractivity (Wildman–Crippen MR) is 104 cm³/mol. The van der Waals surface area contributed by atoms with E-state index in [1.165, 1.54) is 19.1 Å². The number of nitrogens with zero attached hydrogens (tertiary/aromatic N) is 1. The maximum absolute atomic E-state index is 13.7. The van der Waals surface area contributed by atoms with Crippen LogP contribution in [0.2, 0.25) is 0 Å². The number of benzene rings is 2. The lowest BCUT2D eigenvalue weighted by Gasteiger charge is -2.14. The molecule has 2 rings (SSSR count). The standard InChI is InChI=1S/C18H18FN3O7S/c1-11-3-6-14(7-4-11)30(27,28)21-12(2)18(24)29-10-17(23)20-16-9-13(22(25)26)5-8-15(16)19/h3-9,12,21H,10H2,1-2H3,(H,20,23). The third-order valence-corrected chi connectivity index (χ3v) is 5.35. The van der Waals surface area contributed by atoms with Crippen LogP contribution in [0.15, 0.2) is 47.4 Å². The fourth-order valence-corrected chi connectivity index (χ4v) is 3.43. The minimum atomic E-state index is -3.99. The number of halogens is 1. The number of rotatable bonds is 8. The molecule has 0 heterocycles. The highest BCUT2D eigenvalue weighted by atomic mass is 32.2. The van der Waals surface area contributed by atoms with Gasteiger partial charge in [0.25, 0.3) is 11.6 Å². The van der Waals surface area contributed by atoms with E-state index in [-0.39, 0.29) is 4.90 Å². The number of non-ortho nitro benzene ring substituents is 1. The Bertz CT molecular complexity index is 1070. The molecule has 2 aromatic carbocycles. The highest BCUT2D eigenvalue weighted by Crippen LogP contribution is 2.21. The third-order valence-electron chi connectivity index (χ3n) is 3.80. The average molecular weight is 439 g/mol. The first-order valence-corrected chi connectivity index (χ1v) is 9.97. The molecule has 10 nitrogen and oxygen atoms in total. The zero-order chi connectivity index (χ0) is 22.5. The number of anilines is 1. The minimum absolute atomic E-state index is 0.0494. The summed E-state index contributed by atoms with van der Waals surface area (Å²) in [5.74, 6) is -2.92. The molecule has 30 heavy (non-hydrogen) atoms. The van der Waals surface area contributed by atoms with E-state index in [2.05, 4.69) is 4.72 Å². The van der Waals surface area contributed by atoms with Gasteiger partial charge >= 0.3 is 5.97 Å². The van der Waals surface area contributed by atoms with Crippen LogP contribution in [0.4, 0.5) is 15.8 Å². The van der Waals surface area contributed by atoms with Crippen LogP contribution in [0, 0.1) is 22.9 Å². The van der Waals surface area contributed by atoms with Gasteiger partial charge in [0.15, 0.2) is 6.61 Å². The highest BCUT2D eigenvalue weighted by Gasteiger charge is 2.24.